The van der Waals surface area contributed by atoms with Crippen LogP contribution >= 0.6 is 11.6 Å². The standard InChI is InChI=1S/C21H21ClN4O2/c1-28-17-6-7-18-14(11-17)10-15(20(22)25-18)13-26(16-4-2-3-5-16)21(27)19-12-23-8-9-24-19/h6-12,16H,2-5,13H2,1H3. The molecule has 0 bridgehead atoms. The summed E-state index contributed by atoms with van der Waals surface area (Å²) in [6, 6.07) is 7.81. The van der Waals surface area contributed by atoms with Crippen molar-refractivity contribution in [1.82, 2.24) is 19.9 Å². The van der Waals surface area contributed by atoms with Gasteiger partial charge >= 0.3 is 0 Å². The largest absolute Gasteiger partial charge is 0.497 e. The number of hydrogen-bond donors (Lipinski definition) is 0. The van der Waals surface area contributed by atoms with Gasteiger partial charge in [0, 0.05) is 35.9 Å². The maximum Gasteiger partial charge on any atom is 0.274 e. The summed E-state index contributed by atoms with van der Waals surface area (Å²) < 4.78 is 5.31. The number of methoxy groups -OCH3 is 1. The molecule has 0 spiro atoms. The van der Waals surface area contributed by atoms with E-state index < -0.39 is 0 Å². The van der Waals surface area contributed by atoms with Crippen molar-refractivity contribution in [1.29, 1.82) is 0 Å². The minimum atomic E-state index is -0.123. The lowest BCUT2D eigenvalue weighted by molar-refractivity contribution is 0.0658. The molecule has 0 saturated heterocycles. The minimum Gasteiger partial charge on any atom is -0.497 e. The molecule has 1 amide bonds. The van der Waals surface area contributed by atoms with Crippen molar-refractivity contribution < 1.29 is 9.53 Å². The lowest BCUT2D eigenvalue weighted by Crippen LogP contribution is -2.38. The van der Waals surface area contributed by atoms with Gasteiger partial charge in [-0.2, -0.15) is 0 Å². The topological polar surface area (TPSA) is 68.2 Å². The summed E-state index contributed by atoms with van der Waals surface area (Å²) >= 11 is 6.47. The van der Waals surface area contributed by atoms with E-state index in [0.717, 1.165) is 47.9 Å². The van der Waals surface area contributed by atoms with Gasteiger partial charge in [0.1, 0.15) is 16.6 Å². The van der Waals surface area contributed by atoms with Gasteiger partial charge in [-0.3, -0.25) is 9.78 Å². The van der Waals surface area contributed by atoms with Crippen molar-refractivity contribution in [3.05, 3.63) is 59.3 Å². The van der Waals surface area contributed by atoms with E-state index in [1.165, 1.54) is 12.4 Å². The molecule has 6 nitrogen and oxygen atoms in total. The highest BCUT2D eigenvalue weighted by Gasteiger charge is 2.29. The van der Waals surface area contributed by atoms with Gasteiger partial charge < -0.3 is 9.64 Å². The second kappa shape index (κ2) is 8.10. The first-order valence-electron chi connectivity index (χ1n) is 9.36. The molecule has 1 aliphatic carbocycles. The van der Waals surface area contributed by atoms with Crippen LogP contribution in [-0.4, -0.2) is 38.9 Å². The smallest absolute Gasteiger partial charge is 0.274 e. The van der Waals surface area contributed by atoms with E-state index in [9.17, 15) is 4.79 Å². The highest BCUT2D eigenvalue weighted by molar-refractivity contribution is 6.30. The van der Waals surface area contributed by atoms with Crippen LogP contribution in [0.3, 0.4) is 0 Å². The second-order valence-electron chi connectivity index (χ2n) is 6.96. The van der Waals surface area contributed by atoms with Crippen LogP contribution in [0.1, 0.15) is 41.7 Å². The Morgan fingerprint density at radius 3 is 2.79 bits per heavy atom. The normalized spacial score (nSPS) is 14.4. The molecule has 1 fully saturated rings. The average molecular weight is 397 g/mol. The molecule has 2 heterocycles. The molecule has 0 radical (unpaired) electrons. The number of aromatic nitrogens is 3. The Kier molecular flexibility index (Phi) is 5.39. The SMILES string of the molecule is COc1ccc2nc(Cl)c(CN(C(=O)c3cnccn3)C3CCCC3)cc2c1. The van der Waals surface area contributed by atoms with Gasteiger partial charge in [-0.25, -0.2) is 9.97 Å². The number of halogens is 1. The van der Waals surface area contributed by atoms with Gasteiger partial charge in [0.25, 0.3) is 5.91 Å². The summed E-state index contributed by atoms with van der Waals surface area (Å²) in [5.74, 6) is 0.632. The van der Waals surface area contributed by atoms with E-state index in [1.54, 1.807) is 13.3 Å². The first-order chi connectivity index (χ1) is 13.7. The van der Waals surface area contributed by atoms with Crippen LogP contribution in [0.15, 0.2) is 42.9 Å². The van der Waals surface area contributed by atoms with Gasteiger partial charge in [0.05, 0.1) is 18.8 Å². The summed E-state index contributed by atoms with van der Waals surface area (Å²) in [4.78, 5) is 27.8. The molecule has 0 atom stereocenters. The lowest BCUT2D eigenvalue weighted by Gasteiger charge is -2.29. The average Bonchev–Trinajstić information content (AvgIpc) is 3.26. The molecule has 0 N–H and O–H groups in total. The van der Waals surface area contributed by atoms with E-state index >= 15 is 0 Å². The molecule has 144 valence electrons. The van der Waals surface area contributed by atoms with Crippen molar-refractivity contribution >= 4 is 28.4 Å². The fourth-order valence-electron chi connectivity index (χ4n) is 3.74. The van der Waals surface area contributed by atoms with Gasteiger partial charge in [0.15, 0.2) is 0 Å². The zero-order valence-corrected chi connectivity index (χ0v) is 16.4. The number of nitrogens with zero attached hydrogens (tertiary/aromatic N) is 4. The molecule has 0 unspecified atom stereocenters. The van der Waals surface area contributed by atoms with Crippen molar-refractivity contribution in [2.24, 2.45) is 0 Å². The number of rotatable bonds is 5. The first-order valence-corrected chi connectivity index (χ1v) is 9.73. The van der Waals surface area contributed by atoms with Gasteiger partial charge in [-0.05, 0) is 37.1 Å². The van der Waals surface area contributed by atoms with Gasteiger partial charge in [0.2, 0.25) is 0 Å². The number of ether oxygens (including phenoxy) is 1. The highest BCUT2D eigenvalue weighted by Crippen LogP contribution is 2.29. The van der Waals surface area contributed by atoms with Crippen LogP contribution in [-0.2, 0) is 6.54 Å². The number of hydrogen-bond acceptors (Lipinski definition) is 5. The number of carbonyl (C=O) groups excluding carboxylic acids is 1. The molecule has 2 aromatic heterocycles. The summed E-state index contributed by atoms with van der Waals surface area (Å²) in [5.41, 5.74) is 1.95. The van der Waals surface area contributed by atoms with Crippen molar-refractivity contribution in [2.75, 3.05) is 7.11 Å². The van der Waals surface area contributed by atoms with Crippen molar-refractivity contribution in [2.45, 2.75) is 38.3 Å². The second-order valence-corrected chi connectivity index (χ2v) is 7.32. The van der Waals surface area contributed by atoms with Gasteiger partial charge in [-0.1, -0.05) is 24.4 Å². The van der Waals surface area contributed by atoms with Crippen LogP contribution < -0.4 is 4.74 Å². The number of amides is 1. The maximum atomic E-state index is 13.2. The molecule has 1 saturated carbocycles. The third-order valence-electron chi connectivity index (χ3n) is 5.20. The van der Waals surface area contributed by atoms with E-state index in [-0.39, 0.29) is 11.9 Å². The Morgan fingerprint density at radius 2 is 2.07 bits per heavy atom. The predicted octanol–water partition coefficient (Wildman–Crippen LogP) is 4.27. The van der Waals surface area contributed by atoms with E-state index in [1.807, 2.05) is 29.2 Å². The molecule has 0 aliphatic heterocycles. The zero-order valence-electron chi connectivity index (χ0n) is 15.6. The van der Waals surface area contributed by atoms with Crippen LogP contribution in [0.4, 0.5) is 0 Å². The van der Waals surface area contributed by atoms with E-state index in [0.29, 0.717) is 17.4 Å². The Hall–Kier alpha value is -2.73. The van der Waals surface area contributed by atoms with Crippen LogP contribution in [0.2, 0.25) is 5.15 Å². The zero-order chi connectivity index (χ0) is 19.5. The highest BCUT2D eigenvalue weighted by atomic mass is 35.5. The fraction of sp³-hybridized carbons (Fsp3) is 0.333. The maximum absolute atomic E-state index is 13.2. The Balaban J connectivity index is 1.69. The van der Waals surface area contributed by atoms with Crippen LogP contribution in [0.5, 0.6) is 5.75 Å². The third-order valence-corrected chi connectivity index (χ3v) is 5.52. The summed E-state index contributed by atoms with van der Waals surface area (Å²) in [7, 11) is 1.63. The molecule has 28 heavy (non-hydrogen) atoms. The van der Waals surface area contributed by atoms with Crippen LogP contribution in [0, 0.1) is 0 Å². The predicted molar refractivity (Wildman–Crippen MR) is 107 cm³/mol. The monoisotopic (exact) mass is 396 g/mol. The molecule has 3 aromatic rings. The molecule has 4 rings (SSSR count). The lowest BCUT2D eigenvalue weighted by atomic mass is 10.1. The van der Waals surface area contributed by atoms with Crippen molar-refractivity contribution in [3.8, 4) is 5.75 Å². The summed E-state index contributed by atoms with van der Waals surface area (Å²) in [5, 5.41) is 1.34. The summed E-state index contributed by atoms with van der Waals surface area (Å²) in [6.45, 7) is 0.388. The molecule has 1 aliphatic rings. The molecular weight excluding hydrogens is 376 g/mol. The Bertz CT molecular complexity index is 990. The fourth-order valence-corrected chi connectivity index (χ4v) is 3.94. The summed E-state index contributed by atoms with van der Waals surface area (Å²) in [6.07, 6.45) is 8.82. The quantitative estimate of drug-likeness (QED) is 0.602. The van der Waals surface area contributed by atoms with E-state index in [4.69, 9.17) is 16.3 Å². The van der Waals surface area contributed by atoms with Crippen LogP contribution in [0.25, 0.3) is 10.9 Å². The minimum absolute atomic E-state index is 0.123. The number of fused-ring (bicyclic) bond motifs is 1. The van der Waals surface area contributed by atoms with Gasteiger partial charge in [-0.15, -0.1) is 0 Å². The van der Waals surface area contributed by atoms with Crippen molar-refractivity contribution in [3.63, 3.8) is 0 Å². The third kappa shape index (κ3) is 3.78. The molecule has 7 heteroatoms. The Morgan fingerprint density at radius 1 is 1.25 bits per heavy atom. The number of pyridine rings is 1. The number of benzene rings is 1. The molecular formula is C21H21ClN4O2. The first kappa shape index (κ1) is 18.6. The van der Waals surface area contributed by atoms with E-state index in [2.05, 4.69) is 15.0 Å². The molecule has 1 aromatic carbocycles. The number of carbonyl (C=O) groups is 1. The Labute approximate surface area is 168 Å².